The van der Waals surface area contributed by atoms with Crippen molar-refractivity contribution in [2.75, 3.05) is 5.88 Å². The van der Waals surface area contributed by atoms with Crippen LogP contribution in [0.2, 0.25) is 0 Å². The van der Waals surface area contributed by atoms with Crippen LogP contribution in [0.4, 0.5) is 4.39 Å². The first kappa shape index (κ1) is 11.9. The third-order valence-electron chi connectivity index (χ3n) is 2.61. The van der Waals surface area contributed by atoms with E-state index in [1.807, 2.05) is 0 Å². The average molecular weight is 307 g/mol. The van der Waals surface area contributed by atoms with Crippen LogP contribution < -0.4 is 5.32 Å². The molecule has 16 heavy (non-hydrogen) atoms. The van der Waals surface area contributed by atoms with Crippen LogP contribution >= 0.6 is 27.5 Å². The van der Waals surface area contributed by atoms with Crippen LogP contribution in [0.25, 0.3) is 0 Å². The van der Waals surface area contributed by atoms with Gasteiger partial charge in [-0.25, -0.2) is 4.39 Å². The van der Waals surface area contributed by atoms with Gasteiger partial charge in [-0.2, -0.15) is 0 Å². The van der Waals surface area contributed by atoms with Crippen molar-refractivity contribution >= 4 is 33.4 Å². The van der Waals surface area contributed by atoms with Gasteiger partial charge in [-0.05, 0) is 31.0 Å². The Hall–Kier alpha value is -0.610. The van der Waals surface area contributed by atoms with Gasteiger partial charge in [0.2, 0.25) is 0 Å². The molecular formula is C11H10BrClFNO. The number of nitrogens with one attached hydrogen (secondary N) is 1. The molecule has 86 valence electrons. The molecule has 0 unspecified atom stereocenters. The second-order valence-electron chi connectivity index (χ2n) is 4.03. The predicted molar refractivity (Wildman–Crippen MR) is 64.3 cm³/mol. The number of alkyl halides is 1. The third-order valence-corrected chi connectivity index (χ3v) is 3.58. The predicted octanol–water partition coefficient (Wildman–Crippen LogP) is 3.09. The Morgan fingerprint density at radius 2 is 2.19 bits per heavy atom. The van der Waals surface area contributed by atoms with Gasteiger partial charge in [0.1, 0.15) is 5.82 Å². The number of halogens is 3. The summed E-state index contributed by atoms with van der Waals surface area (Å²) in [6.07, 6.45) is 1.78. The first-order chi connectivity index (χ1) is 7.54. The summed E-state index contributed by atoms with van der Waals surface area (Å²) >= 11 is 8.90. The summed E-state index contributed by atoms with van der Waals surface area (Å²) in [5.74, 6) is -0.316. The molecule has 1 aliphatic carbocycles. The van der Waals surface area contributed by atoms with Gasteiger partial charge >= 0.3 is 0 Å². The van der Waals surface area contributed by atoms with E-state index >= 15 is 0 Å². The molecule has 0 saturated heterocycles. The molecule has 1 N–H and O–H groups in total. The molecule has 1 aliphatic rings. The number of hydrogen-bond donors (Lipinski definition) is 1. The molecule has 0 bridgehead atoms. The number of rotatable bonds is 3. The van der Waals surface area contributed by atoms with E-state index in [0.717, 1.165) is 12.8 Å². The standard InChI is InChI=1S/C11H10BrClFNO/c12-8-3-7(4-9(14)5-8)10(16)15-11(6-13)1-2-11/h3-5H,1-2,6H2,(H,15,16). The van der Waals surface area contributed by atoms with E-state index in [4.69, 9.17) is 11.6 Å². The number of carbonyl (C=O) groups is 1. The van der Waals surface area contributed by atoms with Gasteiger partial charge in [-0.1, -0.05) is 15.9 Å². The van der Waals surface area contributed by atoms with Crippen LogP contribution in [0, 0.1) is 5.82 Å². The molecule has 0 aromatic heterocycles. The van der Waals surface area contributed by atoms with Gasteiger partial charge < -0.3 is 5.32 Å². The van der Waals surface area contributed by atoms with Crippen molar-refractivity contribution in [3.8, 4) is 0 Å². The summed E-state index contributed by atoms with van der Waals surface area (Å²) in [7, 11) is 0. The maximum Gasteiger partial charge on any atom is 0.251 e. The Morgan fingerprint density at radius 3 is 2.69 bits per heavy atom. The normalized spacial score (nSPS) is 16.9. The van der Waals surface area contributed by atoms with Gasteiger partial charge in [-0.3, -0.25) is 4.79 Å². The molecule has 1 amide bonds. The zero-order chi connectivity index (χ0) is 11.8. The quantitative estimate of drug-likeness (QED) is 0.854. The summed E-state index contributed by atoms with van der Waals surface area (Å²) in [6, 6.07) is 4.11. The minimum absolute atomic E-state index is 0.266. The second kappa shape index (κ2) is 4.34. The largest absolute Gasteiger partial charge is 0.345 e. The van der Waals surface area contributed by atoms with Crippen LogP contribution in [0.1, 0.15) is 23.2 Å². The van der Waals surface area contributed by atoms with E-state index in [1.165, 1.54) is 12.1 Å². The van der Waals surface area contributed by atoms with Gasteiger partial charge in [0, 0.05) is 15.9 Å². The molecule has 2 nitrogen and oxygen atoms in total. The van der Waals surface area contributed by atoms with Crippen molar-refractivity contribution < 1.29 is 9.18 Å². The van der Waals surface area contributed by atoms with Crippen LogP contribution in [-0.2, 0) is 0 Å². The first-order valence-corrected chi connectivity index (χ1v) is 6.22. The van der Waals surface area contributed by atoms with E-state index < -0.39 is 5.82 Å². The van der Waals surface area contributed by atoms with E-state index in [0.29, 0.717) is 15.9 Å². The molecule has 1 aromatic carbocycles. The lowest BCUT2D eigenvalue weighted by atomic mass is 10.2. The van der Waals surface area contributed by atoms with E-state index in [9.17, 15) is 9.18 Å². The summed E-state index contributed by atoms with van der Waals surface area (Å²) in [5.41, 5.74) is 0.0421. The van der Waals surface area contributed by atoms with Gasteiger partial charge in [-0.15, -0.1) is 11.6 Å². The Labute approximate surface area is 106 Å². The van der Waals surface area contributed by atoms with Gasteiger partial charge in [0.15, 0.2) is 0 Å². The Balaban J connectivity index is 2.14. The molecule has 1 aromatic rings. The van der Waals surface area contributed by atoms with Crippen LogP contribution in [0.3, 0.4) is 0 Å². The topological polar surface area (TPSA) is 29.1 Å². The summed E-state index contributed by atoms with van der Waals surface area (Å²) in [4.78, 5) is 11.8. The highest BCUT2D eigenvalue weighted by Crippen LogP contribution is 2.36. The molecule has 1 saturated carbocycles. The maximum atomic E-state index is 13.1. The summed E-state index contributed by atoms with van der Waals surface area (Å²) in [6.45, 7) is 0. The summed E-state index contributed by atoms with van der Waals surface area (Å²) < 4.78 is 13.6. The molecule has 0 radical (unpaired) electrons. The SMILES string of the molecule is O=C(NC1(CCl)CC1)c1cc(F)cc(Br)c1. The average Bonchev–Trinajstić information content (AvgIpc) is 2.97. The highest BCUT2D eigenvalue weighted by molar-refractivity contribution is 9.10. The van der Waals surface area contributed by atoms with E-state index in [1.54, 1.807) is 6.07 Å². The van der Waals surface area contributed by atoms with Gasteiger partial charge in [0.25, 0.3) is 5.91 Å². The zero-order valence-corrected chi connectivity index (χ0v) is 10.7. The Kier molecular flexibility index (Phi) is 3.22. The highest BCUT2D eigenvalue weighted by Gasteiger charge is 2.43. The lowest BCUT2D eigenvalue weighted by Crippen LogP contribution is -2.38. The summed E-state index contributed by atoms with van der Waals surface area (Å²) in [5, 5.41) is 2.83. The number of amides is 1. The number of hydrogen-bond acceptors (Lipinski definition) is 1. The van der Waals surface area contributed by atoms with Crippen molar-refractivity contribution in [2.24, 2.45) is 0 Å². The highest BCUT2D eigenvalue weighted by atomic mass is 79.9. The molecule has 0 atom stereocenters. The molecule has 0 aliphatic heterocycles. The lowest BCUT2D eigenvalue weighted by Gasteiger charge is -2.14. The van der Waals surface area contributed by atoms with E-state index in [-0.39, 0.29) is 11.4 Å². The van der Waals surface area contributed by atoms with Crippen LogP contribution in [-0.4, -0.2) is 17.3 Å². The smallest absolute Gasteiger partial charge is 0.251 e. The second-order valence-corrected chi connectivity index (χ2v) is 5.21. The minimum Gasteiger partial charge on any atom is -0.345 e. The fourth-order valence-electron chi connectivity index (χ4n) is 1.44. The Bertz CT molecular complexity index is 414. The van der Waals surface area contributed by atoms with Crippen LogP contribution in [0.15, 0.2) is 22.7 Å². The van der Waals surface area contributed by atoms with Gasteiger partial charge in [0.05, 0.1) is 5.54 Å². The Morgan fingerprint density at radius 1 is 1.50 bits per heavy atom. The van der Waals surface area contributed by atoms with Crippen molar-refractivity contribution in [3.05, 3.63) is 34.1 Å². The molecule has 1 fully saturated rings. The van der Waals surface area contributed by atoms with Crippen molar-refractivity contribution in [1.82, 2.24) is 5.32 Å². The minimum atomic E-state index is -0.435. The molecule has 2 rings (SSSR count). The maximum absolute atomic E-state index is 13.1. The van der Waals surface area contributed by atoms with Crippen LogP contribution in [0.5, 0.6) is 0 Å². The zero-order valence-electron chi connectivity index (χ0n) is 8.40. The molecule has 0 spiro atoms. The third kappa shape index (κ3) is 2.55. The van der Waals surface area contributed by atoms with E-state index in [2.05, 4.69) is 21.2 Å². The molecular weight excluding hydrogens is 296 g/mol. The molecule has 5 heteroatoms. The molecule has 0 heterocycles. The monoisotopic (exact) mass is 305 g/mol. The van der Waals surface area contributed by atoms with Crippen molar-refractivity contribution in [2.45, 2.75) is 18.4 Å². The fraction of sp³-hybridized carbons (Fsp3) is 0.364. The van der Waals surface area contributed by atoms with Crippen molar-refractivity contribution in [3.63, 3.8) is 0 Å². The number of carbonyl (C=O) groups excluding carboxylic acids is 1. The number of benzene rings is 1. The first-order valence-electron chi connectivity index (χ1n) is 4.89. The lowest BCUT2D eigenvalue weighted by molar-refractivity contribution is 0.0935. The van der Waals surface area contributed by atoms with Crippen molar-refractivity contribution in [1.29, 1.82) is 0 Å². The fourth-order valence-corrected chi connectivity index (χ4v) is 2.24.